The summed E-state index contributed by atoms with van der Waals surface area (Å²) in [7, 11) is 0. The topological polar surface area (TPSA) is 41.5 Å². The highest BCUT2D eigenvalue weighted by Gasteiger charge is 2.03. The number of halogens is 2. The van der Waals surface area contributed by atoms with Crippen molar-refractivity contribution in [2.24, 2.45) is 5.10 Å². The van der Waals surface area contributed by atoms with Gasteiger partial charge in [0.15, 0.2) is 0 Å². The number of hydrogen-bond acceptors (Lipinski definition) is 2. The molecule has 2 aromatic rings. The van der Waals surface area contributed by atoms with Crippen LogP contribution < -0.4 is 5.43 Å². The summed E-state index contributed by atoms with van der Waals surface area (Å²) in [6.45, 7) is 2.01. The number of benzene rings is 2. The van der Waals surface area contributed by atoms with Gasteiger partial charge in [0.2, 0.25) is 5.91 Å². The molecule has 0 fully saturated rings. The van der Waals surface area contributed by atoms with Crippen molar-refractivity contribution in [1.82, 2.24) is 5.43 Å². The maximum atomic E-state index is 11.8. The highest BCUT2D eigenvalue weighted by Crippen LogP contribution is 2.25. The van der Waals surface area contributed by atoms with E-state index >= 15 is 0 Å². The Kier molecular flexibility index (Phi) is 6.34. The SMILES string of the molecule is Cc1c(Br)cc(/C=N\NC(=O)CCc2ccccc2)cc1Br. The number of aryl methyl sites for hydroxylation is 1. The number of carbonyl (C=O) groups excluding carboxylic acids is 1. The molecule has 0 saturated carbocycles. The van der Waals surface area contributed by atoms with E-state index in [1.54, 1.807) is 6.21 Å². The van der Waals surface area contributed by atoms with E-state index in [0.717, 1.165) is 25.6 Å². The van der Waals surface area contributed by atoms with E-state index in [0.29, 0.717) is 12.8 Å². The van der Waals surface area contributed by atoms with Crippen LogP contribution in [0.1, 0.15) is 23.1 Å². The van der Waals surface area contributed by atoms with E-state index in [4.69, 9.17) is 0 Å². The second-order valence-corrected chi connectivity index (χ2v) is 6.60. The summed E-state index contributed by atoms with van der Waals surface area (Å²) in [5, 5.41) is 4.00. The Morgan fingerprint density at radius 1 is 1.18 bits per heavy atom. The van der Waals surface area contributed by atoms with Crippen LogP contribution in [0.3, 0.4) is 0 Å². The van der Waals surface area contributed by atoms with Crippen LogP contribution in [0.25, 0.3) is 0 Å². The first-order valence-corrected chi connectivity index (χ1v) is 8.46. The van der Waals surface area contributed by atoms with Gasteiger partial charge in [0, 0.05) is 15.4 Å². The van der Waals surface area contributed by atoms with Gasteiger partial charge in [-0.2, -0.15) is 5.10 Å². The minimum absolute atomic E-state index is 0.0923. The fourth-order valence-electron chi connectivity index (χ4n) is 1.88. The lowest BCUT2D eigenvalue weighted by atomic mass is 10.1. The molecular formula is C17H16Br2N2O. The summed E-state index contributed by atoms with van der Waals surface area (Å²) >= 11 is 6.98. The number of carbonyl (C=O) groups is 1. The largest absolute Gasteiger partial charge is 0.273 e. The summed E-state index contributed by atoms with van der Waals surface area (Å²) < 4.78 is 2.00. The van der Waals surface area contributed by atoms with Gasteiger partial charge in [-0.3, -0.25) is 4.79 Å². The molecule has 0 atom stereocenters. The fourth-order valence-corrected chi connectivity index (χ4v) is 3.10. The van der Waals surface area contributed by atoms with Crippen LogP contribution in [0.4, 0.5) is 0 Å². The Morgan fingerprint density at radius 2 is 1.82 bits per heavy atom. The quantitative estimate of drug-likeness (QED) is 0.553. The molecular weight excluding hydrogens is 408 g/mol. The monoisotopic (exact) mass is 422 g/mol. The van der Waals surface area contributed by atoms with E-state index in [-0.39, 0.29) is 5.91 Å². The van der Waals surface area contributed by atoms with Gasteiger partial charge >= 0.3 is 0 Å². The van der Waals surface area contributed by atoms with Gasteiger partial charge in [-0.15, -0.1) is 0 Å². The smallest absolute Gasteiger partial charge is 0.240 e. The molecule has 0 radical (unpaired) electrons. The van der Waals surface area contributed by atoms with Crippen molar-refractivity contribution in [3.63, 3.8) is 0 Å². The molecule has 0 heterocycles. The highest BCUT2D eigenvalue weighted by molar-refractivity contribution is 9.11. The van der Waals surface area contributed by atoms with Crippen LogP contribution in [0.5, 0.6) is 0 Å². The van der Waals surface area contributed by atoms with Gasteiger partial charge in [-0.05, 0) is 42.2 Å². The first-order valence-electron chi connectivity index (χ1n) is 6.88. The van der Waals surface area contributed by atoms with Crippen molar-refractivity contribution < 1.29 is 4.79 Å². The number of amides is 1. The molecule has 5 heteroatoms. The second kappa shape index (κ2) is 8.25. The maximum Gasteiger partial charge on any atom is 0.240 e. The average molecular weight is 424 g/mol. The molecule has 114 valence electrons. The number of hydrogen-bond donors (Lipinski definition) is 1. The molecule has 0 spiro atoms. The zero-order chi connectivity index (χ0) is 15.9. The minimum Gasteiger partial charge on any atom is -0.273 e. The first kappa shape index (κ1) is 16.9. The third-order valence-electron chi connectivity index (χ3n) is 3.19. The Morgan fingerprint density at radius 3 is 2.45 bits per heavy atom. The van der Waals surface area contributed by atoms with E-state index in [1.165, 1.54) is 0 Å². The lowest BCUT2D eigenvalue weighted by molar-refractivity contribution is -0.121. The van der Waals surface area contributed by atoms with Gasteiger partial charge in [-0.1, -0.05) is 62.2 Å². The first-order chi connectivity index (χ1) is 10.6. The van der Waals surface area contributed by atoms with Crippen molar-refractivity contribution >= 4 is 44.0 Å². The van der Waals surface area contributed by atoms with Gasteiger partial charge < -0.3 is 0 Å². The van der Waals surface area contributed by atoms with E-state index in [1.807, 2.05) is 49.4 Å². The summed E-state index contributed by atoms with van der Waals surface area (Å²) in [5.41, 5.74) is 5.74. The molecule has 0 unspecified atom stereocenters. The van der Waals surface area contributed by atoms with Crippen molar-refractivity contribution in [2.75, 3.05) is 0 Å². The Balaban J connectivity index is 1.85. The molecule has 2 aromatic carbocycles. The van der Waals surface area contributed by atoms with Crippen LogP contribution in [0.2, 0.25) is 0 Å². The zero-order valence-electron chi connectivity index (χ0n) is 12.1. The Bertz CT molecular complexity index is 661. The number of nitrogens with zero attached hydrogens (tertiary/aromatic N) is 1. The fraction of sp³-hybridized carbons (Fsp3) is 0.176. The maximum absolute atomic E-state index is 11.8. The average Bonchev–Trinajstić information content (AvgIpc) is 2.51. The summed E-state index contributed by atoms with van der Waals surface area (Å²) in [6, 6.07) is 13.8. The molecule has 1 amide bonds. The molecule has 0 bridgehead atoms. The third-order valence-corrected chi connectivity index (χ3v) is 4.84. The predicted molar refractivity (Wildman–Crippen MR) is 97.1 cm³/mol. The number of rotatable bonds is 5. The zero-order valence-corrected chi connectivity index (χ0v) is 15.3. The van der Waals surface area contributed by atoms with Gasteiger partial charge in [0.25, 0.3) is 0 Å². The second-order valence-electron chi connectivity index (χ2n) is 4.89. The van der Waals surface area contributed by atoms with E-state index < -0.39 is 0 Å². The molecule has 1 N–H and O–H groups in total. The third kappa shape index (κ3) is 5.07. The molecule has 3 nitrogen and oxygen atoms in total. The van der Waals surface area contributed by atoms with Crippen molar-refractivity contribution in [3.05, 3.63) is 68.1 Å². The van der Waals surface area contributed by atoms with Crippen molar-refractivity contribution in [1.29, 1.82) is 0 Å². The van der Waals surface area contributed by atoms with Gasteiger partial charge in [0.05, 0.1) is 6.21 Å². The van der Waals surface area contributed by atoms with Crippen LogP contribution >= 0.6 is 31.9 Å². The molecule has 2 rings (SSSR count). The number of nitrogens with one attached hydrogen (secondary N) is 1. The van der Waals surface area contributed by atoms with Crippen molar-refractivity contribution in [3.8, 4) is 0 Å². The summed E-state index contributed by atoms with van der Waals surface area (Å²) in [6.07, 6.45) is 2.77. The lowest BCUT2D eigenvalue weighted by Gasteiger charge is -2.03. The molecule has 0 aromatic heterocycles. The predicted octanol–water partition coefficient (Wildman–Crippen LogP) is 4.60. The van der Waals surface area contributed by atoms with Crippen molar-refractivity contribution in [2.45, 2.75) is 19.8 Å². The minimum atomic E-state index is -0.0923. The molecule has 0 aliphatic rings. The van der Waals surface area contributed by atoms with Crippen LogP contribution in [0.15, 0.2) is 56.5 Å². The van der Waals surface area contributed by atoms with E-state index in [2.05, 4.69) is 42.4 Å². The molecule has 0 aliphatic carbocycles. The Hall–Kier alpha value is -1.46. The van der Waals surface area contributed by atoms with Crippen LogP contribution in [-0.2, 0) is 11.2 Å². The molecule has 0 saturated heterocycles. The van der Waals surface area contributed by atoms with Gasteiger partial charge in [0.1, 0.15) is 0 Å². The Labute approximate surface area is 147 Å². The summed E-state index contributed by atoms with van der Waals surface area (Å²) in [4.78, 5) is 11.8. The highest BCUT2D eigenvalue weighted by atomic mass is 79.9. The standard InChI is InChI=1S/C17H16Br2N2O/c1-12-15(18)9-14(10-16(12)19)11-20-21-17(22)8-7-13-5-3-2-4-6-13/h2-6,9-11H,7-8H2,1H3,(H,21,22)/b20-11-. The van der Waals surface area contributed by atoms with Crippen LogP contribution in [0, 0.1) is 6.92 Å². The normalized spacial score (nSPS) is 10.9. The van der Waals surface area contributed by atoms with Crippen LogP contribution in [-0.4, -0.2) is 12.1 Å². The summed E-state index contributed by atoms with van der Waals surface area (Å²) in [5.74, 6) is -0.0923. The van der Waals surface area contributed by atoms with Gasteiger partial charge in [-0.25, -0.2) is 5.43 Å². The number of hydrazone groups is 1. The molecule has 0 aliphatic heterocycles. The van der Waals surface area contributed by atoms with E-state index in [9.17, 15) is 4.79 Å². The lowest BCUT2D eigenvalue weighted by Crippen LogP contribution is -2.17. The molecule has 22 heavy (non-hydrogen) atoms.